The van der Waals surface area contributed by atoms with Crippen LogP contribution in [0.5, 0.6) is 5.75 Å². The summed E-state index contributed by atoms with van der Waals surface area (Å²) in [7, 11) is 0. The fourth-order valence-corrected chi connectivity index (χ4v) is 2.71. The fourth-order valence-electron chi connectivity index (χ4n) is 2.53. The van der Waals surface area contributed by atoms with Gasteiger partial charge >= 0.3 is 0 Å². The molecule has 6 heteroatoms. The molecule has 1 N–H and O–H groups in total. The van der Waals surface area contributed by atoms with E-state index in [2.05, 4.69) is 5.32 Å². The minimum Gasteiger partial charge on any atom is -0.486 e. The number of hydrogen-bond donors (Lipinski definition) is 1. The first-order valence-electron chi connectivity index (χ1n) is 8.52. The Labute approximate surface area is 161 Å². The van der Waals surface area contributed by atoms with Crippen molar-refractivity contribution in [2.75, 3.05) is 6.54 Å². The number of amides is 1. The minimum absolute atomic E-state index is 0.0511. The lowest BCUT2D eigenvalue weighted by Gasteiger charge is -2.12. The van der Waals surface area contributed by atoms with Gasteiger partial charge in [0.1, 0.15) is 23.9 Å². The molecule has 27 heavy (non-hydrogen) atoms. The zero-order chi connectivity index (χ0) is 19.2. The van der Waals surface area contributed by atoms with Crippen molar-refractivity contribution < 1.29 is 18.3 Å². The lowest BCUT2D eigenvalue weighted by atomic mass is 10.0. The third kappa shape index (κ3) is 5.34. The number of rotatable bonds is 7. The highest BCUT2D eigenvalue weighted by atomic mass is 35.5. The average molecular weight is 388 g/mol. The molecule has 0 fully saturated rings. The van der Waals surface area contributed by atoms with Crippen molar-refractivity contribution >= 4 is 17.5 Å². The van der Waals surface area contributed by atoms with Crippen LogP contribution < -0.4 is 10.1 Å². The van der Waals surface area contributed by atoms with Gasteiger partial charge in [-0.25, -0.2) is 4.39 Å². The molecule has 0 aliphatic heterocycles. The highest BCUT2D eigenvalue weighted by Gasteiger charge is 2.13. The molecule has 4 nitrogen and oxygen atoms in total. The van der Waals surface area contributed by atoms with E-state index in [1.165, 1.54) is 12.1 Å². The quantitative estimate of drug-likeness (QED) is 0.607. The van der Waals surface area contributed by atoms with Crippen LogP contribution in [0.3, 0.4) is 0 Å². The third-order valence-electron chi connectivity index (χ3n) is 4.07. The molecule has 1 aromatic heterocycles. The lowest BCUT2D eigenvalue weighted by molar-refractivity contribution is 0.0920. The van der Waals surface area contributed by atoms with Gasteiger partial charge in [-0.2, -0.15) is 0 Å². The maximum absolute atomic E-state index is 13.0. The first-order valence-corrected chi connectivity index (χ1v) is 8.90. The first kappa shape index (κ1) is 19.0. The van der Waals surface area contributed by atoms with E-state index in [-0.39, 0.29) is 30.0 Å². The van der Waals surface area contributed by atoms with Crippen LogP contribution >= 0.6 is 11.6 Å². The van der Waals surface area contributed by atoms with E-state index in [1.807, 2.05) is 6.92 Å². The predicted molar refractivity (Wildman–Crippen MR) is 102 cm³/mol. The monoisotopic (exact) mass is 387 g/mol. The first-order chi connectivity index (χ1) is 13.0. The molecule has 0 bridgehead atoms. The van der Waals surface area contributed by atoms with Gasteiger partial charge in [-0.15, -0.1) is 0 Å². The van der Waals surface area contributed by atoms with Gasteiger partial charge in [0.2, 0.25) is 0 Å². The fraction of sp³-hybridized carbons (Fsp3) is 0.190. The number of ether oxygens (including phenoxy) is 1. The maximum Gasteiger partial charge on any atom is 0.287 e. The summed E-state index contributed by atoms with van der Waals surface area (Å²) in [5.74, 6) is 0.835. The van der Waals surface area contributed by atoms with Gasteiger partial charge in [0.05, 0.1) is 0 Å². The van der Waals surface area contributed by atoms with E-state index >= 15 is 0 Å². The Kier molecular flexibility index (Phi) is 6.14. The van der Waals surface area contributed by atoms with Crippen molar-refractivity contribution in [2.24, 2.45) is 0 Å². The standard InChI is InChI=1S/C21H19ClFNO3/c1-14(15-5-7-17(23)8-6-15)12-24-21(25)20-10-9-19(27-20)13-26-18-4-2-3-16(22)11-18/h2-11,14H,12-13H2,1H3,(H,24,25). The second-order valence-corrected chi connectivity index (χ2v) is 6.61. The van der Waals surface area contributed by atoms with E-state index in [4.69, 9.17) is 20.8 Å². The molecule has 0 aliphatic rings. The second-order valence-electron chi connectivity index (χ2n) is 6.17. The summed E-state index contributed by atoms with van der Waals surface area (Å²) >= 11 is 5.91. The normalized spacial score (nSPS) is 11.8. The number of carbonyl (C=O) groups excluding carboxylic acids is 1. The van der Waals surface area contributed by atoms with Gasteiger partial charge < -0.3 is 14.5 Å². The lowest BCUT2D eigenvalue weighted by Crippen LogP contribution is -2.27. The molecule has 0 saturated carbocycles. The Morgan fingerprint density at radius 1 is 1.19 bits per heavy atom. The number of hydrogen-bond acceptors (Lipinski definition) is 3. The SMILES string of the molecule is CC(CNC(=O)c1ccc(COc2cccc(Cl)c2)o1)c1ccc(F)cc1. The topological polar surface area (TPSA) is 51.5 Å². The zero-order valence-electron chi connectivity index (χ0n) is 14.7. The average Bonchev–Trinajstić information content (AvgIpc) is 3.14. The highest BCUT2D eigenvalue weighted by Crippen LogP contribution is 2.19. The van der Waals surface area contributed by atoms with E-state index in [1.54, 1.807) is 48.5 Å². The summed E-state index contributed by atoms with van der Waals surface area (Å²) in [5.41, 5.74) is 0.951. The molecule has 0 aliphatic carbocycles. The molecule has 1 heterocycles. The Hall–Kier alpha value is -2.79. The van der Waals surface area contributed by atoms with E-state index in [0.29, 0.717) is 23.1 Å². The summed E-state index contributed by atoms with van der Waals surface area (Å²) in [6.45, 7) is 2.57. The molecule has 140 valence electrons. The minimum atomic E-state index is -0.307. The number of nitrogens with one attached hydrogen (secondary N) is 1. The summed E-state index contributed by atoms with van der Waals surface area (Å²) in [5, 5.41) is 3.41. The van der Waals surface area contributed by atoms with Crippen molar-refractivity contribution in [1.29, 1.82) is 0 Å². The molecule has 3 aromatic rings. The molecule has 1 unspecified atom stereocenters. The number of halogens is 2. The van der Waals surface area contributed by atoms with Crippen molar-refractivity contribution in [1.82, 2.24) is 5.32 Å². The summed E-state index contributed by atoms with van der Waals surface area (Å²) in [6, 6.07) is 16.6. The smallest absolute Gasteiger partial charge is 0.287 e. The second kappa shape index (κ2) is 8.73. The van der Waals surface area contributed by atoms with Gasteiger partial charge in [-0.3, -0.25) is 4.79 Å². The molecule has 2 aromatic carbocycles. The van der Waals surface area contributed by atoms with Gasteiger partial charge in [-0.05, 0) is 53.9 Å². The zero-order valence-corrected chi connectivity index (χ0v) is 15.5. The molecule has 0 spiro atoms. The maximum atomic E-state index is 13.0. The van der Waals surface area contributed by atoms with Crippen molar-refractivity contribution in [2.45, 2.75) is 19.4 Å². The van der Waals surface area contributed by atoms with Crippen molar-refractivity contribution in [3.8, 4) is 5.75 Å². The van der Waals surface area contributed by atoms with Crippen molar-refractivity contribution in [3.05, 3.63) is 88.6 Å². The molecule has 3 rings (SSSR count). The van der Waals surface area contributed by atoms with Crippen LogP contribution in [0.15, 0.2) is 65.1 Å². The molecular formula is C21H19ClFNO3. The van der Waals surface area contributed by atoms with Crippen LogP contribution in [0, 0.1) is 5.82 Å². The van der Waals surface area contributed by atoms with E-state index < -0.39 is 0 Å². The Bertz CT molecular complexity index is 908. The summed E-state index contributed by atoms with van der Waals surface area (Å²) in [6.07, 6.45) is 0. The summed E-state index contributed by atoms with van der Waals surface area (Å²) in [4.78, 5) is 12.2. The Morgan fingerprint density at radius 3 is 2.70 bits per heavy atom. The largest absolute Gasteiger partial charge is 0.486 e. The third-order valence-corrected chi connectivity index (χ3v) is 4.31. The van der Waals surface area contributed by atoms with Crippen LogP contribution in [0.1, 0.15) is 34.7 Å². The molecule has 0 saturated heterocycles. The van der Waals surface area contributed by atoms with E-state index in [0.717, 1.165) is 5.56 Å². The van der Waals surface area contributed by atoms with Crippen LogP contribution in [-0.2, 0) is 6.61 Å². The van der Waals surface area contributed by atoms with Gasteiger partial charge in [0.25, 0.3) is 5.91 Å². The Morgan fingerprint density at radius 2 is 1.96 bits per heavy atom. The van der Waals surface area contributed by atoms with Crippen LogP contribution in [-0.4, -0.2) is 12.5 Å². The predicted octanol–water partition coefficient (Wildman–Crippen LogP) is 5.18. The van der Waals surface area contributed by atoms with Crippen LogP contribution in [0.25, 0.3) is 0 Å². The van der Waals surface area contributed by atoms with Gasteiger partial charge in [-0.1, -0.05) is 36.7 Å². The van der Waals surface area contributed by atoms with Crippen molar-refractivity contribution in [3.63, 3.8) is 0 Å². The number of benzene rings is 2. The van der Waals surface area contributed by atoms with E-state index in [9.17, 15) is 9.18 Å². The van der Waals surface area contributed by atoms with Crippen LogP contribution in [0.4, 0.5) is 4.39 Å². The number of carbonyl (C=O) groups is 1. The molecule has 0 radical (unpaired) electrons. The molecule has 1 amide bonds. The van der Waals surface area contributed by atoms with Gasteiger partial charge in [0.15, 0.2) is 5.76 Å². The highest BCUT2D eigenvalue weighted by molar-refractivity contribution is 6.30. The number of furan rings is 1. The van der Waals surface area contributed by atoms with Crippen LogP contribution in [0.2, 0.25) is 5.02 Å². The van der Waals surface area contributed by atoms with Gasteiger partial charge in [0, 0.05) is 11.6 Å². The summed E-state index contributed by atoms with van der Waals surface area (Å²) < 4.78 is 24.1. The molecule has 1 atom stereocenters. The Balaban J connectivity index is 1.51. The molecular weight excluding hydrogens is 369 g/mol.